The van der Waals surface area contributed by atoms with Crippen molar-refractivity contribution in [2.24, 2.45) is 9.98 Å². The maximum absolute atomic E-state index is 11.3. The third-order valence-electron chi connectivity index (χ3n) is 5.30. The van der Waals surface area contributed by atoms with E-state index in [1.807, 2.05) is 27.7 Å². The molecular weight excluding hydrogens is 476 g/mol. The minimum Gasteiger partial charge on any atom is -0.286 e. The Bertz CT molecular complexity index is 1170. The van der Waals surface area contributed by atoms with Crippen LogP contribution in [-0.4, -0.2) is 43.2 Å². The summed E-state index contributed by atoms with van der Waals surface area (Å²) in [5.41, 5.74) is -2.76. The highest BCUT2D eigenvalue weighted by Gasteiger charge is 2.25. The summed E-state index contributed by atoms with van der Waals surface area (Å²) in [5.74, 6) is 0. The van der Waals surface area contributed by atoms with Gasteiger partial charge in [-0.1, -0.05) is 0 Å². The Labute approximate surface area is 205 Å². The minimum absolute atomic E-state index is 0.126. The molecule has 0 N–H and O–H groups in total. The summed E-state index contributed by atoms with van der Waals surface area (Å²) in [7, 11) is 0. The molecule has 2 aromatic carbocycles. The van der Waals surface area contributed by atoms with Crippen molar-refractivity contribution in [3.8, 4) is 0 Å². The van der Waals surface area contributed by atoms with Crippen LogP contribution in [-0.2, 0) is 0 Å². The van der Waals surface area contributed by atoms with Crippen LogP contribution in [0.25, 0.3) is 0 Å². The van der Waals surface area contributed by atoms with Crippen molar-refractivity contribution in [1.82, 2.24) is 0 Å². The first-order valence-corrected chi connectivity index (χ1v) is 10.6. The quantitative estimate of drug-likeness (QED) is 0.228. The first kappa shape index (κ1) is 27.6. The number of aliphatic imine (C=N–C) groups is 2. The summed E-state index contributed by atoms with van der Waals surface area (Å²) in [6.45, 7) is 7.23. The van der Waals surface area contributed by atoms with Crippen molar-refractivity contribution in [3.05, 3.63) is 88.0 Å². The van der Waals surface area contributed by atoms with Gasteiger partial charge in [-0.25, -0.2) is 0 Å². The standard InChI is InChI=1S/C22H24N6O8/c1-21(2,23-13-15-5-7-17(25(29)30)11-19(15)27(33)34)9-10-22(3,4)24-14-16-6-8-18(26(31)32)12-20(16)28(35)36/h5-8,11-14H,9-10H2,1-4H3. The number of nitrogens with zero attached hydrogens (tertiary/aromatic N) is 6. The predicted octanol–water partition coefficient (Wildman–Crippen LogP) is 5.19. The molecule has 36 heavy (non-hydrogen) atoms. The van der Waals surface area contributed by atoms with E-state index in [0.717, 1.165) is 24.3 Å². The summed E-state index contributed by atoms with van der Waals surface area (Å²) >= 11 is 0. The van der Waals surface area contributed by atoms with E-state index < -0.39 is 53.5 Å². The molecule has 0 aromatic heterocycles. The lowest BCUT2D eigenvalue weighted by Crippen LogP contribution is -2.25. The fourth-order valence-electron chi connectivity index (χ4n) is 3.06. The molecular formula is C22H24N6O8. The van der Waals surface area contributed by atoms with Gasteiger partial charge in [-0.05, 0) is 52.7 Å². The van der Waals surface area contributed by atoms with Crippen LogP contribution in [0, 0.1) is 40.5 Å². The topological polar surface area (TPSA) is 197 Å². The fraction of sp³-hybridized carbons (Fsp3) is 0.364. The van der Waals surface area contributed by atoms with Gasteiger partial charge in [0.25, 0.3) is 22.7 Å². The maximum Gasteiger partial charge on any atom is 0.284 e. The molecule has 14 nitrogen and oxygen atoms in total. The number of hydrogen-bond donors (Lipinski definition) is 0. The summed E-state index contributed by atoms with van der Waals surface area (Å²) < 4.78 is 0. The molecule has 0 amide bonds. The largest absolute Gasteiger partial charge is 0.286 e. The van der Waals surface area contributed by atoms with Gasteiger partial charge in [-0.3, -0.25) is 50.4 Å². The highest BCUT2D eigenvalue weighted by molar-refractivity contribution is 5.87. The lowest BCUT2D eigenvalue weighted by molar-refractivity contribution is -0.394. The first-order valence-electron chi connectivity index (χ1n) is 10.6. The van der Waals surface area contributed by atoms with Crippen molar-refractivity contribution in [2.75, 3.05) is 0 Å². The minimum atomic E-state index is -0.717. The Morgan fingerprint density at radius 3 is 1.25 bits per heavy atom. The highest BCUT2D eigenvalue weighted by Crippen LogP contribution is 2.28. The Hall–Kier alpha value is -4.62. The number of benzene rings is 2. The second-order valence-corrected chi connectivity index (χ2v) is 9.16. The molecule has 2 rings (SSSR count). The van der Waals surface area contributed by atoms with Crippen LogP contribution >= 0.6 is 0 Å². The van der Waals surface area contributed by atoms with Crippen LogP contribution in [0.15, 0.2) is 46.4 Å². The normalized spacial score (nSPS) is 12.2. The zero-order valence-electron chi connectivity index (χ0n) is 20.0. The third kappa shape index (κ3) is 7.44. The molecule has 2 aromatic rings. The summed E-state index contributed by atoms with van der Waals surface area (Å²) in [6, 6.07) is 6.61. The van der Waals surface area contributed by atoms with Gasteiger partial charge in [-0.2, -0.15) is 0 Å². The lowest BCUT2D eigenvalue weighted by atomic mass is 9.90. The van der Waals surface area contributed by atoms with Gasteiger partial charge in [0.05, 0.1) is 54.0 Å². The molecule has 0 saturated heterocycles. The van der Waals surface area contributed by atoms with Gasteiger partial charge in [0, 0.05) is 24.6 Å². The Kier molecular flexibility index (Phi) is 8.25. The van der Waals surface area contributed by atoms with Gasteiger partial charge in [0.2, 0.25) is 0 Å². The molecule has 190 valence electrons. The predicted molar refractivity (Wildman–Crippen MR) is 132 cm³/mol. The zero-order valence-corrected chi connectivity index (χ0v) is 20.0. The SMILES string of the molecule is CC(C)(CCC(C)(C)N=Cc1ccc([N+](=O)[O-])cc1[N+](=O)[O-])N=Cc1ccc([N+](=O)[O-])cc1[N+](=O)[O-]. The van der Waals surface area contributed by atoms with Crippen LogP contribution in [0.3, 0.4) is 0 Å². The second-order valence-electron chi connectivity index (χ2n) is 9.16. The molecule has 0 bridgehead atoms. The molecule has 0 aliphatic heterocycles. The van der Waals surface area contributed by atoms with E-state index in [1.165, 1.54) is 24.6 Å². The van der Waals surface area contributed by atoms with E-state index >= 15 is 0 Å². The fourth-order valence-corrected chi connectivity index (χ4v) is 3.06. The zero-order chi connectivity index (χ0) is 27.3. The van der Waals surface area contributed by atoms with E-state index in [0.29, 0.717) is 12.8 Å². The number of non-ortho nitro benzene ring substituents is 2. The lowest BCUT2D eigenvalue weighted by Gasteiger charge is -2.26. The van der Waals surface area contributed by atoms with Gasteiger partial charge >= 0.3 is 0 Å². The maximum atomic E-state index is 11.3. The van der Waals surface area contributed by atoms with Gasteiger partial charge in [0.15, 0.2) is 0 Å². The molecule has 0 aliphatic rings. The molecule has 0 atom stereocenters. The van der Waals surface area contributed by atoms with Crippen LogP contribution in [0.1, 0.15) is 51.7 Å². The van der Waals surface area contributed by atoms with Gasteiger partial charge < -0.3 is 0 Å². The van der Waals surface area contributed by atoms with E-state index in [9.17, 15) is 40.5 Å². The molecule has 0 radical (unpaired) electrons. The number of nitro groups is 4. The van der Waals surface area contributed by atoms with E-state index in [2.05, 4.69) is 9.98 Å². The second kappa shape index (κ2) is 10.8. The van der Waals surface area contributed by atoms with E-state index in [4.69, 9.17) is 0 Å². The van der Waals surface area contributed by atoms with E-state index in [1.54, 1.807) is 0 Å². The van der Waals surface area contributed by atoms with Crippen LogP contribution in [0.4, 0.5) is 22.7 Å². The van der Waals surface area contributed by atoms with E-state index in [-0.39, 0.29) is 11.1 Å². The summed E-state index contributed by atoms with van der Waals surface area (Å²) in [5, 5.41) is 44.4. The molecule has 0 unspecified atom stereocenters. The third-order valence-corrected chi connectivity index (χ3v) is 5.30. The van der Waals surface area contributed by atoms with Gasteiger partial charge in [0.1, 0.15) is 0 Å². The molecule has 0 fully saturated rings. The molecule has 0 spiro atoms. The Morgan fingerprint density at radius 2 is 0.972 bits per heavy atom. The molecule has 0 aliphatic carbocycles. The average Bonchev–Trinajstić information content (AvgIpc) is 2.80. The van der Waals surface area contributed by atoms with Crippen molar-refractivity contribution < 1.29 is 19.7 Å². The average molecular weight is 500 g/mol. The van der Waals surface area contributed by atoms with Gasteiger partial charge in [-0.15, -0.1) is 0 Å². The van der Waals surface area contributed by atoms with Crippen LogP contribution in [0.5, 0.6) is 0 Å². The number of rotatable bonds is 11. The molecule has 0 heterocycles. The number of nitro benzene ring substituents is 4. The van der Waals surface area contributed by atoms with Crippen molar-refractivity contribution in [2.45, 2.75) is 51.6 Å². The van der Waals surface area contributed by atoms with Crippen molar-refractivity contribution in [3.63, 3.8) is 0 Å². The Balaban J connectivity index is 2.17. The summed E-state index contributed by atoms with van der Waals surface area (Å²) in [6.07, 6.45) is 3.57. The molecule has 0 saturated carbocycles. The van der Waals surface area contributed by atoms with Crippen LogP contribution < -0.4 is 0 Å². The van der Waals surface area contributed by atoms with Crippen molar-refractivity contribution in [1.29, 1.82) is 0 Å². The molecule has 14 heteroatoms. The number of hydrogen-bond acceptors (Lipinski definition) is 10. The Morgan fingerprint density at radius 1 is 0.639 bits per heavy atom. The first-order chi connectivity index (χ1) is 16.6. The smallest absolute Gasteiger partial charge is 0.284 e. The summed E-state index contributed by atoms with van der Waals surface area (Å²) in [4.78, 5) is 50.4. The monoisotopic (exact) mass is 500 g/mol. The highest BCUT2D eigenvalue weighted by atomic mass is 16.6. The van der Waals surface area contributed by atoms with Crippen LogP contribution in [0.2, 0.25) is 0 Å². The van der Waals surface area contributed by atoms with Crippen molar-refractivity contribution >= 4 is 35.2 Å².